The first-order valence-electron chi connectivity index (χ1n) is 7.12. The molecule has 1 saturated carbocycles. The van der Waals surface area contributed by atoms with Gasteiger partial charge in [0, 0.05) is 25.2 Å². The lowest BCUT2D eigenvalue weighted by Gasteiger charge is -2.19. The van der Waals surface area contributed by atoms with Gasteiger partial charge in [0.25, 0.3) is 0 Å². The van der Waals surface area contributed by atoms with E-state index in [9.17, 15) is 4.79 Å². The van der Waals surface area contributed by atoms with E-state index in [-0.39, 0.29) is 11.9 Å². The summed E-state index contributed by atoms with van der Waals surface area (Å²) in [6, 6.07) is 0.596. The van der Waals surface area contributed by atoms with Crippen molar-refractivity contribution < 1.29 is 4.79 Å². The van der Waals surface area contributed by atoms with E-state index in [1.807, 2.05) is 0 Å². The number of anilines is 2. The second-order valence-corrected chi connectivity index (χ2v) is 5.84. The van der Waals surface area contributed by atoms with Crippen molar-refractivity contribution in [3.8, 4) is 0 Å². The van der Waals surface area contributed by atoms with E-state index in [0.717, 1.165) is 18.8 Å². The van der Waals surface area contributed by atoms with E-state index in [4.69, 9.17) is 11.6 Å². The third kappa shape index (κ3) is 3.44. The number of hydrogen-bond acceptors (Lipinski definition) is 5. The Bertz CT molecular complexity index is 560. The average molecular weight is 308 g/mol. The van der Waals surface area contributed by atoms with Gasteiger partial charge in [0.05, 0.1) is 6.20 Å². The van der Waals surface area contributed by atoms with E-state index in [1.54, 1.807) is 6.20 Å². The number of amides is 1. The van der Waals surface area contributed by atoms with Gasteiger partial charge in [0.15, 0.2) is 5.82 Å². The minimum atomic E-state index is -0.147. The van der Waals surface area contributed by atoms with Crippen molar-refractivity contribution in [1.29, 1.82) is 0 Å². The van der Waals surface area contributed by atoms with Crippen LogP contribution in [0.3, 0.4) is 0 Å². The highest BCUT2D eigenvalue weighted by Crippen LogP contribution is 2.29. The Labute approximate surface area is 128 Å². The minimum Gasteiger partial charge on any atom is -0.353 e. The summed E-state index contributed by atoms with van der Waals surface area (Å²) >= 11 is 6.21. The van der Waals surface area contributed by atoms with Gasteiger partial charge in [-0.25, -0.2) is 4.98 Å². The van der Waals surface area contributed by atoms with E-state index < -0.39 is 0 Å². The van der Waals surface area contributed by atoms with Crippen LogP contribution in [0, 0.1) is 0 Å². The number of carbonyl (C=O) groups excluding carboxylic acids is 1. The summed E-state index contributed by atoms with van der Waals surface area (Å²) in [5.41, 5.74) is 0. The van der Waals surface area contributed by atoms with Gasteiger partial charge >= 0.3 is 0 Å². The van der Waals surface area contributed by atoms with Crippen molar-refractivity contribution in [3.05, 3.63) is 23.9 Å². The number of nitrogens with zero attached hydrogens (tertiary/aromatic N) is 3. The largest absolute Gasteiger partial charge is 0.353 e. The first kappa shape index (κ1) is 14.1. The van der Waals surface area contributed by atoms with Gasteiger partial charge in [0.1, 0.15) is 5.02 Å². The molecule has 0 radical (unpaired) electrons. The lowest BCUT2D eigenvalue weighted by Crippen LogP contribution is -2.36. The SMILES string of the molecule is C=CC(=O)N[C@@H]1CCN(c2nc(NC3CC3)ncc2Cl)C1. The fraction of sp³-hybridized carbons (Fsp3) is 0.500. The van der Waals surface area contributed by atoms with Gasteiger partial charge in [0.2, 0.25) is 11.9 Å². The molecule has 21 heavy (non-hydrogen) atoms. The fourth-order valence-corrected chi connectivity index (χ4v) is 2.60. The van der Waals surface area contributed by atoms with Crippen LogP contribution in [0.25, 0.3) is 0 Å². The van der Waals surface area contributed by atoms with Crippen LogP contribution >= 0.6 is 11.6 Å². The third-order valence-corrected chi connectivity index (χ3v) is 3.92. The van der Waals surface area contributed by atoms with Crippen molar-refractivity contribution >= 4 is 29.3 Å². The first-order chi connectivity index (χ1) is 10.2. The molecule has 0 spiro atoms. The molecule has 1 aliphatic carbocycles. The normalized spacial score (nSPS) is 21.2. The van der Waals surface area contributed by atoms with Crippen molar-refractivity contribution in [1.82, 2.24) is 15.3 Å². The van der Waals surface area contributed by atoms with Gasteiger partial charge < -0.3 is 15.5 Å². The fourth-order valence-electron chi connectivity index (χ4n) is 2.39. The number of halogens is 1. The summed E-state index contributed by atoms with van der Waals surface area (Å²) in [6.07, 6.45) is 6.12. The number of carbonyl (C=O) groups is 1. The summed E-state index contributed by atoms with van der Waals surface area (Å²) < 4.78 is 0. The van der Waals surface area contributed by atoms with Gasteiger partial charge in [-0.1, -0.05) is 18.2 Å². The molecule has 0 unspecified atom stereocenters. The summed E-state index contributed by atoms with van der Waals surface area (Å²) in [7, 11) is 0. The molecular formula is C14H18ClN5O. The maximum Gasteiger partial charge on any atom is 0.243 e. The van der Waals surface area contributed by atoms with E-state index in [2.05, 4.69) is 32.1 Å². The maximum atomic E-state index is 11.4. The molecule has 0 aromatic carbocycles. The predicted octanol–water partition coefficient (Wildman–Crippen LogP) is 1.59. The molecule has 1 aliphatic heterocycles. The second kappa shape index (κ2) is 5.89. The minimum absolute atomic E-state index is 0.0985. The smallest absolute Gasteiger partial charge is 0.243 e. The zero-order valence-electron chi connectivity index (χ0n) is 11.7. The van der Waals surface area contributed by atoms with Crippen LogP contribution in [0.5, 0.6) is 0 Å². The van der Waals surface area contributed by atoms with Crippen LogP contribution in [-0.4, -0.2) is 41.0 Å². The highest BCUT2D eigenvalue weighted by Gasteiger charge is 2.27. The molecule has 1 aromatic heterocycles. The molecule has 1 amide bonds. The lowest BCUT2D eigenvalue weighted by atomic mass is 10.2. The van der Waals surface area contributed by atoms with E-state index in [1.165, 1.54) is 18.9 Å². The molecule has 6 nitrogen and oxygen atoms in total. The Hall–Kier alpha value is -1.82. The van der Waals surface area contributed by atoms with Crippen molar-refractivity contribution in [2.75, 3.05) is 23.3 Å². The lowest BCUT2D eigenvalue weighted by molar-refractivity contribution is -0.117. The molecule has 2 fully saturated rings. The Morgan fingerprint density at radius 3 is 2.95 bits per heavy atom. The quantitative estimate of drug-likeness (QED) is 0.808. The van der Waals surface area contributed by atoms with Gasteiger partial charge in [-0.15, -0.1) is 0 Å². The zero-order chi connectivity index (χ0) is 14.8. The average Bonchev–Trinajstić information content (AvgIpc) is 3.18. The van der Waals surface area contributed by atoms with Crippen LogP contribution in [0.4, 0.5) is 11.8 Å². The molecule has 0 bridgehead atoms. The summed E-state index contributed by atoms with van der Waals surface area (Å²) in [6.45, 7) is 4.96. The van der Waals surface area contributed by atoms with Gasteiger partial charge in [-0.2, -0.15) is 4.98 Å². The highest BCUT2D eigenvalue weighted by atomic mass is 35.5. The molecular weight excluding hydrogens is 290 g/mol. The third-order valence-electron chi connectivity index (χ3n) is 3.66. The molecule has 112 valence electrons. The Morgan fingerprint density at radius 2 is 2.24 bits per heavy atom. The first-order valence-corrected chi connectivity index (χ1v) is 7.50. The second-order valence-electron chi connectivity index (χ2n) is 5.43. The monoisotopic (exact) mass is 307 g/mol. The van der Waals surface area contributed by atoms with Gasteiger partial charge in [-0.3, -0.25) is 4.79 Å². The van der Waals surface area contributed by atoms with E-state index >= 15 is 0 Å². The van der Waals surface area contributed by atoms with Crippen LogP contribution in [0.15, 0.2) is 18.9 Å². The molecule has 2 heterocycles. The predicted molar refractivity (Wildman–Crippen MR) is 82.6 cm³/mol. The number of nitrogens with one attached hydrogen (secondary N) is 2. The maximum absolute atomic E-state index is 11.4. The molecule has 2 aliphatic rings. The highest BCUT2D eigenvalue weighted by molar-refractivity contribution is 6.32. The van der Waals surface area contributed by atoms with Crippen molar-refractivity contribution in [2.45, 2.75) is 31.3 Å². The molecule has 1 aromatic rings. The molecule has 7 heteroatoms. The van der Waals surface area contributed by atoms with Crippen LogP contribution in [-0.2, 0) is 4.79 Å². The van der Waals surface area contributed by atoms with Gasteiger partial charge in [-0.05, 0) is 25.3 Å². The van der Waals surface area contributed by atoms with Crippen molar-refractivity contribution in [3.63, 3.8) is 0 Å². The van der Waals surface area contributed by atoms with Crippen LogP contribution in [0.2, 0.25) is 5.02 Å². The zero-order valence-corrected chi connectivity index (χ0v) is 12.4. The Morgan fingerprint density at radius 1 is 1.43 bits per heavy atom. The summed E-state index contributed by atoms with van der Waals surface area (Å²) in [4.78, 5) is 22.1. The summed E-state index contributed by atoms with van der Waals surface area (Å²) in [5.74, 6) is 1.20. The summed E-state index contributed by atoms with van der Waals surface area (Å²) in [5, 5.41) is 6.71. The van der Waals surface area contributed by atoms with Crippen LogP contribution < -0.4 is 15.5 Å². The molecule has 1 saturated heterocycles. The van der Waals surface area contributed by atoms with Crippen LogP contribution in [0.1, 0.15) is 19.3 Å². The Balaban J connectivity index is 1.68. The molecule has 1 atom stereocenters. The number of hydrogen-bond donors (Lipinski definition) is 2. The topological polar surface area (TPSA) is 70.2 Å². The molecule has 2 N–H and O–H groups in total. The van der Waals surface area contributed by atoms with Crippen molar-refractivity contribution in [2.24, 2.45) is 0 Å². The Kier molecular flexibility index (Phi) is 3.96. The number of aromatic nitrogens is 2. The number of rotatable bonds is 5. The molecule has 3 rings (SSSR count). The van der Waals surface area contributed by atoms with E-state index in [0.29, 0.717) is 23.6 Å². The standard InChI is InChI=1S/C14H18ClN5O/c1-2-12(21)17-10-5-6-20(8-10)13-11(15)7-16-14(19-13)18-9-3-4-9/h2,7,9-10H,1,3-6,8H2,(H,17,21)(H,16,18,19)/t10-/m1/s1.